The quantitative estimate of drug-likeness (QED) is 0.512. The number of fused-ring (bicyclic) bond motifs is 1. The van der Waals surface area contributed by atoms with E-state index in [-0.39, 0.29) is 18.1 Å². The standard InChI is InChI=1S/C21H20N4O3S/c1-3-28-20(27)16-19-25(24-22-16)23-21(2,15-12-8-5-9-13-15)18(29-19)17(26)14-10-6-4-7-11-14/h4-13,18,23H,3H2,1-2H3/t18-,21-/m1/s1. The highest BCUT2D eigenvalue weighted by atomic mass is 32.2. The molecule has 0 amide bonds. The second-order valence-electron chi connectivity index (χ2n) is 6.78. The fourth-order valence-electron chi connectivity index (χ4n) is 3.36. The van der Waals surface area contributed by atoms with Crippen LogP contribution in [0.15, 0.2) is 65.7 Å². The number of rotatable bonds is 5. The van der Waals surface area contributed by atoms with Gasteiger partial charge in [-0.3, -0.25) is 10.2 Å². The molecule has 0 spiro atoms. The van der Waals surface area contributed by atoms with E-state index in [9.17, 15) is 9.59 Å². The summed E-state index contributed by atoms with van der Waals surface area (Å²) < 4.78 is 5.09. The molecule has 148 valence electrons. The normalized spacial score (nSPS) is 20.4. The van der Waals surface area contributed by atoms with Gasteiger partial charge in [0.1, 0.15) is 5.25 Å². The largest absolute Gasteiger partial charge is 0.461 e. The van der Waals surface area contributed by atoms with Crippen LogP contribution in [0.3, 0.4) is 0 Å². The maximum atomic E-state index is 13.5. The predicted molar refractivity (Wildman–Crippen MR) is 110 cm³/mol. The summed E-state index contributed by atoms with van der Waals surface area (Å²) in [6.45, 7) is 3.92. The summed E-state index contributed by atoms with van der Waals surface area (Å²) in [5, 5.41) is 7.97. The molecule has 0 radical (unpaired) electrons. The molecule has 3 aromatic rings. The van der Waals surface area contributed by atoms with Crippen molar-refractivity contribution < 1.29 is 14.3 Å². The van der Waals surface area contributed by atoms with Crippen LogP contribution < -0.4 is 5.43 Å². The zero-order valence-corrected chi connectivity index (χ0v) is 16.8. The van der Waals surface area contributed by atoms with Gasteiger partial charge in [0.15, 0.2) is 10.8 Å². The lowest BCUT2D eigenvalue weighted by Gasteiger charge is -2.41. The van der Waals surface area contributed by atoms with E-state index in [0.717, 1.165) is 5.56 Å². The van der Waals surface area contributed by atoms with E-state index >= 15 is 0 Å². The van der Waals surface area contributed by atoms with E-state index < -0.39 is 16.8 Å². The number of benzene rings is 2. The Morgan fingerprint density at radius 3 is 2.45 bits per heavy atom. The van der Waals surface area contributed by atoms with E-state index in [1.54, 1.807) is 19.1 Å². The number of hydrogen-bond donors (Lipinski definition) is 1. The van der Waals surface area contributed by atoms with Crippen molar-refractivity contribution in [2.45, 2.75) is 29.7 Å². The number of thioether (sulfide) groups is 1. The number of hydrogen-bond acceptors (Lipinski definition) is 7. The maximum Gasteiger partial charge on any atom is 0.361 e. The highest BCUT2D eigenvalue weighted by Crippen LogP contribution is 2.43. The fraction of sp³-hybridized carbons (Fsp3) is 0.238. The Morgan fingerprint density at radius 1 is 1.14 bits per heavy atom. The van der Waals surface area contributed by atoms with Crippen LogP contribution in [0.2, 0.25) is 0 Å². The Morgan fingerprint density at radius 2 is 1.79 bits per heavy atom. The summed E-state index contributed by atoms with van der Waals surface area (Å²) in [7, 11) is 0. The molecule has 29 heavy (non-hydrogen) atoms. The zero-order chi connectivity index (χ0) is 20.4. The highest BCUT2D eigenvalue weighted by molar-refractivity contribution is 8.00. The lowest BCUT2D eigenvalue weighted by Crippen LogP contribution is -2.53. The van der Waals surface area contributed by atoms with Crippen LogP contribution in [0.4, 0.5) is 0 Å². The van der Waals surface area contributed by atoms with E-state index in [2.05, 4.69) is 15.7 Å². The molecular weight excluding hydrogens is 388 g/mol. The summed E-state index contributed by atoms with van der Waals surface area (Å²) in [5.74, 6) is -0.603. The number of ketones is 1. The Labute approximate surface area is 172 Å². The predicted octanol–water partition coefficient (Wildman–Crippen LogP) is 3.27. The van der Waals surface area contributed by atoms with Crippen molar-refractivity contribution in [2.24, 2.45) is 0 Å². The van der Waals surface area contributed by atoms with Gasteiger partial charge in [0, 0.05) is 5.56 Å². The summed E-state index contributed by atoms with van der Waals surface area (Å²) in [6, 6.07) is 18.9. The molecule has 1 aliphatic rings. The number of esters is 1. The van der Waals surface area contributed by atoms with Gasteiger partial charge in [-0.1, -0.05) is 72.4 Å². The maximum absolute atomic E-state index is 13.5. The van der Waals surface area contributed by atoms with Crippen molar-refractivity contribution in [1.82, 2.24) is 15.1 Å². The Bertz CT molecular complexity index is 1040. The highest BCUT2D eigenvalue weighted by Gasteiger charge is 2.47. The minimum atomic E-state index is -0.772. The number of ether oxygens (including phenoxy) is 1. The number of nitrogens with one attached hydrogen (secondary N) is 1. The van der Waals surface area contributed by atoms with Gasteiger partial charge >= 0.3 is 5.97 Å². The van der Waals surface area contributed by atoms with Crippen LogP contribution in [-0.4, -0.2) is 38.7 Å². The van der Waals surface area contributed by atoms with Gasteiger partial charge in [-0.05, 0) is 24.6 Å². The molecule has 2 heterocycles. The van der Waals surface area contributed by atoms with E-state index in [1.807, 2.05) is 55.5 Å². The first-order valence-electron chi connectivity index (χ1n) is 9.27. The SMILES string of the molecule is CCOC(=O)c1nnn2c1S[C@H](C(=O)c1ccccc1)[C@@](C)(c1ccccc1)N2. The first-order chi connectivity index (χ1) is 14.0. The van der Waals surface area contributed by atoms with E-state index in [1.165, 1.54) is 16.6 Å². The smallest absolute Gasteiger partial charge is 0.361 e. The summed E-state index contributed by atoms with van der Waals surface area (Å²) >= 11 is 1.27. The van der Waals surface area contributed by atoms with Crippen LogP contribution in [0.1, 0.15) is 40.3 Å². The molecule has 7 nitrogen and oxygen atoms in total. The van der Waals surface area contributed by atoms with Gasteiger partial charge in [-0.25, -0.2) is 4.79 Å². The lowest BCUT2D eigenvalue weighted by atomic mass is 9.85. The third-order valence-corrected chi connectivity index (χ3v) is 6.37. The minimum Gasteiger partial charge on any atom is -0.461 e. The van der Waals surface area contributed by atoms with Crippen LogP contribution >= 0.6 is 11.8 Å². The van der Waals surface area contributed by atoms with Gasteiger partial charge < -0.3 is 4.74 Å². The van der Waals surface area contributed by atoms with Crippen LogP contribution in [0, 0.1) is 0 Å². The Hall–Kier alpha value is -3.13. The van der Waals surface area contributed by atoms with E-state index in [0.29, 0.717) is 10.6 Å². The van der Waals surface area contributed by atoms with Crippen LogP contribution in [-0.2, 0) is 10.3 Å². The topological polar surface area (TPSA) is 86.1 Å². The first kappa shape index (κ1) is 19.2. The molecule has 2 aromatic carbocycles. The lowest BCUT2D eigenvalue weighted by molar-refractivity contribution is 0.0514. The van der Waals surface area contributed by atoms with Crippen LogP contribution in [0.5, 0.6) is 0 Å². The molecule has 0 saturated carbocycles. The average molecular weight is 408 g/mol. The average Bonchev–Trinajstić information content (AvgIpc) is 3.16. The van der Waals surface area contributed by atoms with Gasteiger partial charge in [0.25, 0.3) is 0 Å². The molecular formula is C21H20N4O3S. The second-order valence-corrected chi connectivity index (χ2v) is 7.88. The van der Waals surface area contributed by atoms with Crippen molar-refractivity contribution >= 4 is 23.5 Å². The molecule has 1 aromatic heterocycles. The number of Topliss-reactive ketones (excluding diaryl/α,β-unsaturated/α-hetero) is 1. The molecule has 0 bridgehead atoms. The minimum absolute atomic E-state index is 0.0447. The van der Waals surface area contributed by atoms with Crippen molar-refractivity contribution in [3.05, 3.63) is 77.5 Å². The summed E-state index contributed by atoms with van der Waals surface area (Å²) in [6.07, 6.45) is 0. The third-order valence-electron chi connectivity index (χ3n) is 4.86. The van der Waals surface area contributed by atoms with Crippen LogP contribution in [0.25, 0.3) is 0 Å². The molecule has 8 heteroatoms. The van der Waals surface area contributed by atoms with Crippen molar-refractivity contribution in [3.8, 4) is 0 Å². The summed E-state index contributed by atoms with van der Waals surface area (Å²) in [5.41, 5.74) is 4.17. The molecule has 1 N–H and O–H groups in total. The summed E-state index contributed by atoms with van der Waals surface area (Å²) in [4.78, 5) is 27.2. The molecule has 2 atom stereocenters. The molecule has 4 rings (SSSR count). The van der Waals surface area contributed by atoms with E-state index in [4.69, 9.17) is 4.74 Å². The Kier molecular flexibility index (Phi) is 5.10. The number of carbonyl (C=O) groups excluding carboxylic acids is 2. The fourth-order valence-corrected chi connectivity index (χ4v) is 4.67. The number of aromatic nitrogens is 3. The molecule has 0 aliphatic carbocycles. The third kappa shape index (κ3) is 3.40. The van der Waals surface area contributed by atoms with Gasteiger partial charge in [0.05, 0.1) is 12.1 Å². The van der Waals surface area contributed by atoms with Crippen molar-refractivity contribution in [3.63, 3.8) is 0 Å². The number of nitrogens with zero attached hydrogens (tertiary/aromatic N) is 3. The van der Waals surface area contributed by atoms with Gasteiger partial charge in [0.2, 0.25) is 5.69 Å². The van der Waals surface area contributed by atoms with Gasteiger partial charge in [-0.2, -0.15) is 4.79 Å². The van der Waals surface area contributed by atoms with Crippen molar-refractivity contribution in [2.75, 3.05) is 12.0 Å². The molecule has 0 unspecified atom stereocenters. The zero-order valence-electron chi connectivity index (χ0n) is 16.0. The monoisotopic (exact) mass is 408 g/mol. The first-order valence-corrected chi connectivity index (χ1v) is 10.1. The Balaban J connectivity index is 1.81. The second kappa shape index (κ2) is 7.71. The molecule has 0 saturated heterocycles. The number of carbonyl (C=O) groups is 2. The molecule has 0 fully saturated rings. The molecule has 1 aliphatic heterocycles. The van der Waals surface area contributed by atoms with Crippen molar-refractivity contribution in [1.29, 1.82) is 0 Å². The van der Waals surface area contributed by atoms with Gasteiger partial charge in [-0.15, -0.1) is 5.10 Å².